The van der Waals surface area contributed by atoms with Crippen LogP contribution in [0.4, 0.5) is 0 Å². The van der Waals surface area contributed by atoms with Crippen LogP contribution in [0, 0.1) is 5.92 Å². The van der Waals surface area contributed by atoms with Gasteiger partial charge in [-0.15, -0.1) is 0 Å². The Bertz CT molecular complexity index is 395. The van der Waals surface area contributed by atoms with Gasteiger partial charge < -0.3 is 10.0 Å². The van der Waals surface area contributed by atoms with Crippen LogP contribution >= 0.6 is 0 Å². The van der Waals surface area contributed by atoms with Gasteiger partial charge in [-0.25, -0.2) is 0 Å². The van der Waals surface area contributed by atoms with Gasteiger partial charge in [-0.1, -0.05) is 6.08 Å². The van der Waals surface area contributed by atoms with Gasteiger partial charge in [0.05, 0.1) is 12.3 Å². The van der Waals surface area contributed by atoms with E-state index in [9.17, 15) is 9.59 Å². The molecule has 2 heterocycles. The number of carboxylic acid groups (broad SMARTS) is 1. The first-order valence-corrected chi connectivity index (χ1v) is 4.62. The van der Waals surface area contributed by atoms with E-state index in [2.05, 4.69) is 4.99 Å². The van der Waals surface area contributed by atoms with Crippen molar-refractivity contribution in [3.05, 3.63) is 24.4 Å². The summed E-state index contributed by atoms with van der Waals surface area (Å²) in [5.41, 5.74) is 0. The molecule has 0 saturated carbocycles. The van der Waals surface area contributed by atoms with Gasteiger partial charge >= 0.3 is 5.97 Å². The number of hydrogen-bond acceptors (Lipinski definition) is 3. The molecule has 15 heavy (non-hydrogen) atoms. The molecule has 78 valence electrons. The van der Waals surface area contributed by atoms with Crippen LogP contribution in [0.2, 0.25) is 0 Å². The Morgan fingerprint density at radius 1 is 1.60 bits per heavy atom. The monoisotopic (exact) mass is 206 g/mol. The zero-order valence-corrected chi connectivity index (χ0v) is 7.96. The van der Waals surface area contributed by atoms with E-state index >= 15 is 0 Å². The van der Waals surface area contributed by atoms with Gasteiger partial charge in [-0.2, -0.15) is 4.99 Å². The average Bonchev–Trinajstić information content (AvgIpc) is 2.18. The third kappa shape index (κ3) is 1.96. The van der Waals surface area contributed by atoms with E-state index in [-0.39, 0.29) is 12.3 Å². The van der Waals surface area contributed by atoms with Gasteiger partial charge in [0.1, 0.15) is 5.84 Å². The molecule has 1 N–H and O–H groups in total. The van der Waals surface area contributed by atoms with E-state index in [1.54, 1.807) is 23.3 Å². The van der Waals surface area contributed by atoms with E-state index in [1.807, 2.05) is 6.08 Å². The number of rotatable bonds is 2. The summed E-state index contributed by atoms with van der Waals surface area (Å²) in [5, 5.41) is 8.63. The van der Waals surface area contributed by atoms with Crippen molar-refractivity contribution in [2.45, 2.75) is 6.42 Å². The molecule has 0 aromatic carbocycles. The van der Waals surface area contributed by atoms with Crippen molar-refractivity contribution in [2.24, 2.45) is 10.9 Å². The van der Waals surface area contributed by atoms with Crippen molar-refractivity contribution >= 4 is 17.7 Å². The lowest BCUT2D eigenvalue weighted by molar-refractivity contribution is -0.140. The second-order valence-corrected chi connectivity index (χ2v) is 3.46. The number of carbonyl (C=O) groups is 2. The summed E-state index contributed by atoms with van der Waals surface area (Å²) in [5.74, 6) is -1.27. The van der Waals surface area contributed by atoms with Crippen LogP contribution in [-0.4, -0.2) is 34.3 Å². The fraction of sp³-hybridized carbons (Fsp3) is 0.300. The van der Waals surface area contributed by atoms with E-state index in [1.165, 1.54) is 0 Å². The number of fused-ring (bicyclic) bond motifs is 1. The SMILES string of the molecule is O=C(O)C[C@@H]1CN2C=CC=CC2=NC1=O. The van der Waals surface area contributed by atoms with Crippen LogP contribution in [0.15, 0.2) is 29.4 Å². The molecule has 0 saturated heterocycles. The second kappa shape index (κ2) is 3.68. The Balaban J connectivity index is 2.18. The summed E-state index contributed by atoms with van der Waals surface area (Å²) >= 11 is 0. The van der Waals surface area contributed by atoms with Crippen LogP contribution in [0.1, 0.15) is 6.42 Å². The maximum absolute atomic E-state index is 11.4. The summed E-state index contributed by atoms with van der Waals surface area (Å²) in [6.07, 6.45) is 6.98. The minimum Gasteiger partial charge on any atom is -0.481 e. The van der Waals surface area contributed by atoms with Gasteiger partial charge in [0.2, 0.25) is 0 Å². The number of aliphatic carboxylic acids is 1. The van der Waals surface area contributed by atoms with Crippen LogP contribution in [0.5, 0.6) is 0 Å². The molecule has 0 radical (unpaired) electrons. The molecular weight excluding hydrogens is 196 g/mol. The van der Waals surface area contributed by atoms with E-state index in [0.29, 0.717) is 12.4 Å². The number of amidine groups is 1. The van der Waals surface area contributed by atoms with Gasteiger partial charge in [0.25, 0.3) is 5.91 Å². The largest absolute Gasteiger partial charge is 0.481 e. The van der Waals surface area contributed by atoms with Crippen molar-refractivity contribution in [3.8, 4) is 0 Å². The number of nitrogens with zero attached hydrogens (tertiary/aromatic N) is 2. The summed E-state index contributed by atoms with van der Waals surface area (Å²) in [4.78, 5) is 27.6. The van der Waals surface area contributed by atoms with Crippen molar-refractivity contribution in [1.29, 1.82) is 0 Å². The quantitative estimate of drug-likeness (QED) is 0.710. The number of carboxylic acids is 1. The highest BCUT2D eigenvalue weighted by atomic mass is 16.4. The molecule has 0 bridgehead atoms. The third-order valence-electron chi connectivity index (χ3n) is 2.33. The molecule has 2 aliphatic rings. The zero-order chi connectivity index (χ0) is 10.8. The molecule has 5 nitrogen and oxygen atoms in total. The summed E-state index contributed by atoms with van der Waals surface area (Å²) in [7, 11) is 0. The highest BCUT2D eigenvalue weighted by molar-refractivity contribution is 6.05. The minimum absolute atomic E-state index is 0.163. The lowest BCUT2D eigenvalue weighted by Gasteiger charge is -2.29. The number of amides is 1. The molecule has 2 aliphatic heterocycles. The molecule has 1 atom stereocenters. The molecule has 0 fully saturated rings. The van der Waals surface area contributed by atoms with Crippen molar-refractivity contribution in [2.75, 3.05) is 6.54 Å². The summed E-state index contributed by atoms with van der Waals surface area (Å²) < 4.78 is 0. The summed E-state index contributed by atoms with van der Waals surface area (Å²) in [6, 6.07) is 0. The number of allylic oxidation sites excluding steroid dienone is 2. The molecule has 5 heteroatoms. The third-order valence-corrected chi connectivity index (χ3v) is 2.33. The predicted octanol–water partition coefficient (Wildman–Crippen LogP) is 0.401. The average molecular weight is 206 g/mol. The van der Waals surface area contributed by atoms with E-state index in [4.69, 9.17) is 5.11 Å². The topological polar surface area (TPSA) is 70.0 Å². The van der Waals surface area contributed by atoms with Crippen molar-refractivity contribution in [1.82, 2.24) is 4.90 Å². The van der Waals surface area contributed by atoms with Crippen LogP contribution < -0.4 is 0 Å². The fourth-order valence-electron chi connectivity index (χ4n) is 1.61. The van der Waals surface area contributed by atoms with E-state index in [0.717, 1.165) is 0 Å². The first-order valence-electron chi connectivity index (χ1n) is 4.62. The van der Waals surface area contributed by atoms with Crippen LogP contribution in [0.3, 0.4) is 0 Å². The lowest BCUT2D eigenvalue weighted by Crippen LogP contribution is -2.40. The first-order chi connectivity index (χ1) is 7.16. The Hall–Kier alpha value is -1.91. The molecule has 0 aromatic heterocycles. The van der Waals surface area contributed by atoms with Gasteiger partial charge in [-0.3, -0.25) is 9.59 Å². The lowest BCUT2D eigenvalue weighted by atomic mass is 10.0. The van der Waals surface area contributed by atoms with Gasteiger partial charge in [-0.05, 0) is 12.2 Å². The molecule has 0 spiro atoms. The number of hydrogen-bond donors (Lipinski definition) is 1. The van der Waals surface area contributed by atoms with Crippen molar-refractivity contribution < 1.29 is 14.7 Å². The maximum atomic E-state index is 11.4. The molecule has 0 unspecified atom stereocenters. The maximum Gasteiger partial charge on any atom is 0.304 e. The Kier molecular flexibility index (Phi) is 2.37. The molecule has 1 amide bonds. The molecular formula is C10H10N2O3. The Morgan fingerprint density at radius 3 is 3.13 bits per heavy atom. The highest BCUT2D eigenvalue weighted by Crippen LogP contribution is 2.17. The predicted molar refractivity (Wildman–Crippen MR) is 53.2 cm³/mol. The Labute approximate surface area is 86.4 Å². The van der Waals surface area contributed by atoms with Crippen LogP contribution in [-0.2, 0) is 9.59 Å². The standard InChI is InChI=1S/C10H10N2O3/c13-9(14)5-7-6-12-4-2-1-3-8(12)11-10(7)15/h1-4,7H,5-6H2,(H,13,14)/t7-/m1/s1. The second-order valence-electron chi connectivity index (χ2n) is 3.46. The van der Waals surface area contributed by atoms with E-state index < -0.39 is 11.9 Å². The molecule has 0 aromatic rings. The minimum atomic E-state index is -0.969. The number of carbonyl (C=O) groups excluding carboxylic acids is 1. The fourth-order valence-corrected chi connectivity index (χ4v) is 1.61. The normalized spacial score (nSPS) is 23.7. The zero-order valence-electron chi connectivity index (χ0n) is 7.96. The van der Waals surface area contributed by atoms with Crippen LogP contribution in [0.25, 0.3) is 0 Å². The van der Waals surface area contributed by atoms with Crippen molar-refractivity contribution in [3.63, 3.8) is 0 Å². The Morgan fingerprint density at radius 2 is 2.40 bits per heavy atom. The van der Waals surface area contributed by atoms with Gasteiger partial charge in [0, 0.05) is 12.7 Å². The number of aliphatic imine (C=N–C) groups is 1. The highest BCUT2D eigenvalue weighted by Gasteiger charge is 2.29. The smallest absolute Gasteiger partial charge is 0.304 e. The first kappa shape index (κ1) is 9.64. The molecule has 0 aliphatic carbocycles. The van der Waals surface area contributed by atoms with Gasteiger partial charge in [0.15, 0.2) is 0 Å². The molecule has 2 rings (SSSR count). The summed E-state index contributed by atoms with van der Waals surface area (Å²) in [6.45, 7) is 0.394.